The second kappa shape index (κ2) is 4.38. The number of hydrogen-bond donors (Lipinski definition) is 1. The Bertz CT molecular complexity index is 354. The Morgan fingerprint density at radius 1 is 1.21 bits per heavy atom. The molecule has 0 fully saturated rings. The van der Waals surface area contributed by atoms with Crippen LogP contribution >= 0.6 is 12.6 Å². The topological polar surface area (TPSA) is 9.23 Å². The predicted molar refractivity (Wildman–Crippen MR) is 61.7 cm³/mol. The molecular weight excluding hydrogens is 192 g/mol. The Kier molecular flexibility index (Phi) is 2.94. The Morgan fingerprint density at radius 2 is 2.00 bits per heavy atom. The minimum absolute atomic E-state index is 0.332. The van der Waals surface area contributed by atoms with Crippen LogP contribution in [0.2, 0.25) is 0 Å². The lowest BCUT2D eigenvalue weighted by Crippen LogP contribution is -2.01. The Labute approximate surface area is 89.5 Å². The first-order valence-corrected chi connectivity index (χ1v) is 5.15. The molecule has 1 aromatic carbocycles. The molecule has 0 saturated carbocycles. The smallest absolute Gasteiger partial charge is 0.127 e. The largest absolute Gasteiger partial charge is 0.458 e. The third kappa shape index (κ3) is 2.42. The second-order valence-electron chi connectivity index (χ2n) is 3.18. The average molecular weight is 204 g/mol. The Morgan fingerprint density at radius 3 is 2.64 bits per heavy atom. The lowest BCUT2D eigenvalue weighted by atomic mass is 10.2. The quantitative estimate of drug-likeness (QED) is 0.728. The number of benzene rings is 1. The van der Waals surface area contributed by atoms with Gasteiger partial charge in [0.25, 0.3) is 0 Å². The van der Waals surface area contributed by atoms with Gasteiger partial charge in [-0.1, -0.05) is 24.3 Å². The molecule has 0 aliphatic heterocycles. The molecule has 1 aromatic rings. The van der Waals surface area contributed by atoms with Crippen molar-refractivity contribution < 1.29 is 4.74 Å². The molecule has 2 rings (SSSR count). The molecule has 0 bridgehead atoms. The predicted octanol–water partition coefficient (Wildman–Crippen LogP) is 3.21. The molecule has 14 heavy (non-hydrogen) atoms. The van der Waals surface area contributed by atoms with Gasteiger partial charge in [-0.3, -0.25) is 0 Å². The average Bonchev–Trinajstić information content (AvgIpc) is 2.23. The molecule has 0 saturated heterocycles. The normalized spacial score (nSPS) is 20.4. The van der Waals surface area contributed by atoms with Gasteiger partial charge in [-0.2, -0.15) is 12.6 Å². The van der Waals surface area contributed by atoms with Crippen molar-refractivity contribution in [3.05, 3.63) is 54.3 Å². The van der Waals surface area contributed by atoms with Crippen molar-refractivity contribution in [2.45, 2.75) is 11.7 Å². The highest BCUT2D eigenvalue weighted by Gasteiger charge is 2.05. The molecule has 0 amide bonds. The molecule has 0 aromatic heterocycles. The van der Waals surface area contributed by atoms with E-state index in [1.165, 1.54) is 0 Å². The summed E-state index contributed by atoms with van der Waals surface area (Å²) in [6.07, 6.45) is 7.00. The molecule has 72 valence electrons. The van der Waals surface area contributed by atoms with Crippen LogP contribution in [-0.4, -0.2) is 5.25 Å². The third-order valence-corrected chi connectivity index (χ3v) is 2.41. The SMILES string of the molecule is SC1C=CC(Oc2ccccc2)=CC1. The number of hydrogen-bond acceptors (Lipinski definition) is 2. The van der Waals surface area contributed by atoms with Gasteiger partial charge >= 0.3 is 0 Å². The van der Waals surface area contributed by atoms with E-state index in [9.17, 15) is 0 Å². The van der Waals surface area contributed by atoms with E-state index in [1.807, 2.05) is 42.5 Å². The zero-order chi connectivity index (χ0) is 9.80. The van der Waals surface area contributed by atoms with E-state index in [2.05, 4.69) is 18.7 Å². The molecule has 0 radical (unpaired) electrons. The van der Waals surface area contributed by atoms with Crippen LogP contribution < -0.4 is 4.74 Å². The van der Waals surface area contributed by atoms with Crippen LogP contribution in [0, 0.1) is 0 Å². The van der Waals surface area contributed by atoms with Gasteiger partial charge in [0.2, 0.25) is 0 Å². The summed E-state index contributed by atoms with van der Waals surface area (Å²) < 4.78 is 5.64. The molecule has 0 spiro atoms. The van der Waals surface area contributed by atoms with Crippen LogP contribution in [0.25, 0.3) is 0 Å². The maximum absolute atomic E-state index is 5.64. The molecule has 1 aliphatic carbocycles. The maximum atomic E-state index is 5.64. The van der Waals surface area contributed by atoms with Crippen molar-refractivity contribution in [3.63, 3.8) is 0 Å². The van der Waals surface area contributed by atoms with Crippen molar-refractivity contribution >= 4 is 12.6 Å². The summed E-state index contributed by atoms with van der Waals surface area (Å²) in [4.78, 5) is 0. The first-order valence-electron chi connectivity index (χ1n) is 4.64. The second-order valence-corrected chi connectivity index (χ2v) is 3.85. The lowest BCUT2D eigenvalue weighted by molar-refractivity contribution is 0.439. The fraction of sp³-hybridized carbons (Fsp3) is 0.167. The maximum Gasteiger partial charge on any atom is 0.127 e. The summed E-state index contributed by atoms with van der Waals surface area (Å²) in [6, 6.07) is 9.79. The highest BCUT2D eigenvalue weighted by molar-refractivity contribution is 7.81. The van der Waals surface area contributed by atoms with Crippen LogP contribution in [0.5, 0.6) is 5.75 Å². The zero-order valence-corrected chi connectivity index (χ0v) is 8.65. The molecule has 0 heterocycles. The van der Waals surface area contributed by atoms with E-state index in [0.29, 0.717) is 5.25 Å². The van der Waals surface area contributed by atoms with E-state index in [1.54, 1.807) is 0 Å². The number of thiol groups is 1. The summed E-state index contributed by atoms with van der Waals surface area (Å²) in [7, 11) is 0. The van der Waals surface area contributed by atoms with Crippen molar-refractivity contribution in [3.8, 4) is 5.75 Å². The molecule has 1 nitrogen and oxygen atoms in total. The highest BCUT2D eigenvalue weighted by atomic mass is 32.1. The van der Waals surface area contributed by atoms with Crippen molar-refractivity contribution in [1.29, 1.82) is 0 Å². The molecular formula is C12H12OS. The van der Waals surface area contributed by atoms with Gasteiger partial charge < -0.3 is 4.74 Å². The fourth-order valence-electron chi connectivity index (χ4n) is 1.29. The first-order chi connectivity index (χ1) is 6.84. The zero-order valence-electron chi connectivity index (χ0n) is 7.76. The summed E-state index contributed by atoms with van der Waals surface area (Å²) >= 11 is 4.34. The van der Waals surface area contributed by atoms with Gasteiger partial charge in [-0.15, -0.1) is 0 Å². The van der Waals surface area contributed by atoms with Gasteiger partial charge in [0.05, 0.1) is 0 Å². The fourth-order valence-corrected chi connectivity index (χ4v) is 1.48. The van der Waals surface area contributed by atoms with E-state index in [4.69, 9.17) is 4.74 Å². The van der Waals surface area contributed by atoms with Crippen LogP contribution in [0.4, 0.5) is 0 Å². The Hall–Kier alpha value is -1.15. The number of rotatable bonds is 2. The highest BCUT2D eigenvalue weighted by Crippen LogP contribution is 2.19. The molecule has 0 N–H and O–H groups in total. The lowest BCUT2D eigenvalue weighted by Gasteiger charge is -2.12. The van der Waals surface area contributed by atoms with Gasteiger partial charge in [0.15, 0.2) is 0 Å². The summed E-state index contributed by atoms with van der Waals surface area (Å²) in [5.74, 6) is 1.78. The first kappa shape index (κ1) is 9.41. The third-order valence-electron chi connectivity index (χ3n) is 2.02. The van der Waals surface area contributed by atoms with Gasteiger partial charge in [0, 0.05) is 5.25 Å². The minimum atomic E-state index is 0.332. The van der Waals surface area contributed by atoms with E-state index >= 15 is 0 Å². The Balaban J connectivity index is 2.03. The number of ether oxygens (including phenoxy) is 1. The van der Waals surface area contributed by atoms with Crippen molar-refractivity contribution in [2.24, 2.45) is 0 Å². The van der Waals surface area contributed by atoms with E-state index in [-0.39, 0.29) is 0 Å². The standard InChI is InChI=1S/C12H12OS/c14-12-8-6-11(7-9-12)13-10-4-2-1-3-5-10/h1-8,12,14H,9H2. The minimum Gasteiger partial charge on any atom is -0.458 e. The van der Waals surface area contributed by atoms with Crippen LogP contribution in [0.15, 0.2) is 54.3 Å². The van der Waals surface area contributed by atoms with Crippen LogP contribution in [0.1, 0.15) is 6.42 Å². The molecule has 2 heteroatoms. The number of allylic oxidation sites excluding steroid dienone is 2. The van der Waals surface area contributed by atoms with Crippen LogP contribution in [0.3, 0.4) is 0 Å². The van der Waals surface area contributed by atoms with Crippen molar-refractivity contribution in [2.75, 3.05) is 0 Å². The van der Waals surface area contributed by atoms with Gasteiger partial charge in [-0.25, -0.2) is 0 Å². The summed E-state index contributed by atoms with van der Waals surface area (Å²) in [5.41, 5.74) is 0. The van der Waals surface area contributed by atoms with Gasteiger partial charge in [0.1, 0.15) is 11.5 Å². The van der Waals surface area contributed by atoms with Gasteiger partial charge in [-0.05, 0) is 30.7 Å². The number of para-hydroxylation sites is 1. The molecule has 1 aliphatic rings. The van der Waals surface area contributed by atoms with Crippen molar-refractivity contribution in [1.82, 2.24) is 0 Å². The molecule has 1 atom stereocenters. The molecule has 1 unspecified atom stereocenters. The monoisotopic (exact) mass is 204 g/mol. The summed E-state index contributed by atoms with van der Waals surface area (Å²) in [5, 5.41) is 0.332. The van der Waals surface area contributed by atoms with E-state index < -0.39 is 0 Å². The summed E-state index contributed by atoms with van der Waals surface area (Å²) in [6.45, 7) is 0. The van der Waals surface area contributed by atoms with E-state index in [0.717, 1.165) is 17.9 Å². The van der Waals surface area contributed by atoms with Crippen LogP contribution in [-0.2, 0) is 0 Å².